The third-order valence-corrected chi connectivity index (χ3v) is 2.32. The molecule has 1 heterocycles. The molecular weight excluding hydrogens is 174 g/mol. The van der Waals surface area contributed by atoms with E-state index in [1.165, 1.54) is 6.42 Å². The van der Waals surface area contributed by atoms with Crippen molar-refractivity contribution in [3.63, 3.8) is 0 Å². The summed E-state index contributed by atoms with van der Waals surface area (Å²) in [7, 11) is 0. The van der Waals surface area contributed by atoms with Crippen molar-refractivity contribution >= 4 is 12.4 Å². The van der Waals surface area contributed by atoms with Gasteiger partial charge in [-0.25, -0.2) is 0 Å². The lowest BCUT2D eigenvalue weighted by atomic mass is 9.75. The zero-order valence-electron chi connectivity index (χ0n) is 6.73. The molecule has 1 saturated carbocycles. The maximum absolute atomic E-state index is 6.02. The molecule has 12 heavy (non-hydrogen) atoms. The lowest BCUT2D eigenvalue weighted by molar-refractivity contribution is 0.245. The van der Waals surface area contributed by atoms with Gasteiger partial charge >= 0.3 is 0 Å². The van der Waals surface area contributed by atoms with Crippen LogP contribution in [0.1, 0.15) is 25.0 Å². The molecule has 0 spiro atoms. The predicted molar refractivity (Wildman–Crippen MR) is 49.0 cm³/mol. The van der Waals surface area contributed by atoms with Crippen LogP contribution in [-0.4, -0.2) is 9.97 Å². The Hall–Kier alpha value is -0.670. The normalized spacial score (nSPS) is 19.1. The van der Waals surface area contributed by atoms with E-state index in [0.29, 0.717) is 0 Å². The van der Waals surface area contributed by atoms with Gasteiger partial charge in [-0.15, -0.1) is 12.4 Å². The highest BCUT2D eigenvalue weighted by Gasteiger charge is 2.35. The van der Waals surface area contributed by atoms with Crippen molar-refractivity contribution < 1.29 is 0 Å². The second kappa shape index (κ2) is 3.37. The zero-order chi connectivity index (χ0) is 7.73. The second-order valence-corrected chi connectivity index (χ2v) is 3.10. The Kier molecular flexibility index (Phi) is 2.65. The Bertz CT molecular complexity index is 246. The number of rotatable bonds is 1. The van der Waals surface area contributed by atoms with Crippen LogP contribution in [0.3, 0.4) is 0 Å². The summed E-state index contributed by atoms with van der Waals surface area (Å²) in [5, 5.41) is 0. The summed E-state index contributed by atoms with van der Waals surface area (Å²) in [5.41, 5.74) is 6.80. The molecule has 1 aromatic rings. The van der Waals surface area contributed by atoms with Crippen molar-refractivity contribution in [3.05, 3.63) is 24.3 Å². The highest BCUT2D eigenvalue weighted by atomic mass is 35.5. The number of hydrogen-bond acceptors (Lipinski definition) is 3. The molecule has 3 nitrogen and oxygen atoms in total. The van der Waals surface area contributed by atoms with Gasteiger partial charge in [-0.2, -0.15) is 0 Å². The van der Waals surface area contributed by atoms with Crippen molar-refractivity contribution in [1.29, 1.82) is 0 Å². The minimum Gasteiger partial charge on any atom is -0.320 e. The number of aromatic nitrogens is 2. The van der Waals surface area contributed by atoms with Gasteiger partial charge in [-0.3, -0.25) is 9.97 Å². The van der Waals surface area contributed by atoms with E-state index < -0.39 is 0 Å². The van der Waals surface area contributed by atoms with Crippen LogP contribution < -0.4 is 5.73 Å². The van der Waals surface area contributed by atoms with Crippen LogP contribution in [0.5, 0.6) is 0 Å². The molecule has 2 N–H and O–H groups in total. The third-order valence-electron chi connectivity index (χ3n) is 2.32. The van der Waals surface area contributed by atoms with Gasteiger partial charge in [-0.1, -0.05) is 0 Å². The average Bonchev–Trinajstić information content (AvgIpc) is 2.02. The summed E-state index contributed by atoms with van der Waals surface area (Å²) in [5.74, 6) is 0. The molecule has 1 aliphatic rings. The number of hydrogen-bond donors (Lipinski definition) is 1. The highest BCUT2D eigenvalue weighted by Crippen LogP contribution is 2.36. The first-order valence-corrected chi connectivity index (χ1v) is 3.87. The Balaban J connectivity index is 0.000000720. The van der Waals surface area contributed by atoms with Crippen molar-refractivity contribution in [2.45, 2.75) is 24.8 Å². The van der Waals surface area contributed by atoms with Crippen LogP contribution in [0.15, 0.2) is 18.6 Å². The fourth-order valence-corrected chi connectivity index (χ4v) is 1.37. The van der Waals surface area contributed by atoms with Gasteiger partial charge < -0.3 is 5.73 Å². The summed E-state index contributed by atoms with van der Waals surface area (Å²) >= 11 is 0. The van der Waals surface area contributed by atoms with Gasteiger partial charge in [0.15, 0.2) is 0 Å². The Morgan fingerprint density at radius 3 is 2.50 bits per heavy atom. The first-order valence-electron chi connectivity index (χ1n) is 3.87. The molecule has 0 bridgehead atoms. The van der Waals surface area contributed by atoms with Gasteiger partial charge in [-0.05, 0) is 19.3 Å². The first kappa shape index (κ1) is 9.42. The molecule has 0 saturated heterocycles. The van der Waals surface area contributed by atoms with Gasteiger partial charge in [0, 0.05) is 12.4 Å². The minimum atomic E-state index is -0.158. The second-order valence-electron chi connectivity index (χ2n) is 3.10. The van der Waals surface area contributed by atoms with Gasteiger partial charge in [0.25, 0.3) is 0 Å². The van der Waals surface area contributed by atoms with E-state index in [4.69, 9.17) is 5.73 Å². The summed E-state index contributed by atoms with van der Waals surface area (Å²) < 4.78 is 0. The first-order chi connectivity index (χ1) is 5.31. The number of nitrogens with two attached hydrogens (primary N) is 1. The van der Waals surface area contributed by atoms with E-state index in [9.17, 15) is 0 Å². The quantitative estimate of drug-likeness (QED) is 0.716. The van der Waals surface area contributed by atoms with E-state index >= 15 is 0 Å². The molecule has 0 aromatic carbocycles. The Morgan fingerprint density at radius 2 is 2.08 bits per heavy atom. The Labute approximate surface area is 77.8 Å². The van der Waals surface area contributed by atoms with Gasteiger partial charge in [0.2, 0.25) is 0 Å². The molecule has 66 valence electrons. The van der Waals surface area contributed by atoms with Crippen LogP contribution in [0, 0.1) is 0 Å². The molecule has 1 aliphatic carbocycles. The predicted octanol–water partition coefficient (Wildman–Crippen LogP) is 1.24. The molecule has 2 rings (SSSR count). The van der Waals surface area contributed by atoms with E-state index in [2.05, 4.69) is 9.97 Å². The largest absolute Gasteiger partial charge is 0.320 e. The van der Waals surface area contributed by atoms with E-state index in [1.54, 1.807) is 18.6 Å². The summed E-state index contributed by atoms with van der Waals surface area (Å²) in [6.07, 6.45) is 8.44. The smallest absolute Gasteiger partial charge is 0.0785 e. The fraction of sp³-hybridized carbons (Fsp3) is 0.500. The standard InChI is InChI=1S/C8H11N3.ClH/c9-8(2-1-3-8)7-6-10-4-5-11-7;/h4-6H,1-3,9H2;1H. The molecule has 0 aliphatic heterocycles. The number of halogens is 1. The topological polar surface area (TPSA) is 51.8 Å². The van der Waals surface area contributed by atoms with Crippen molar-refractivity contribution in [2.75, 3.05) is 0 Å². The van der Waals surface area contributed by atoms with E-state index in [1.807, 2.05) is 0 Å². The zero-order valence-corrected chi connectivity index (χ0v) is 7.55. The molecule has 0 amide bonds. The number of nitrogens with zero attached hydrogens (tertiary/aromatic N) is 2. The lowest BCUT2D eigenvalue weighted by Crippen LogP contribution is -2.44. The van der Waals surface area contributed by atoms with E-state index in [-0.39, 0.29) is 17.9 Å². The Morgan fingerprint density at radius 1 is 1.33 bits per heavy atom. The third kappa shape index (κ3) is 1.42. The van der Waals surface area contributed by atoms with Crippen LogP contribution in [0.25, 0.3) is 0 Å². The summed E-state index contributed by atoms with van der Waals surface area (Å²) in [4.78, 5) is 8.18. The summed E-state index contributed by atoms with van der Waals surface area (Å²) in [6, 6.07) is 0. The van der Waals surface area contributed by atoms with Crippen molar-refractivity contribution in [3.8, 4) is 0 Å². The monoisotopic (exact) mass is 185 g/mol. The molecular formula is C8H12ClN3. The maximum Gasteiger partial charge on any atom is 0.0785 e. The van der Waals surface area contributed by atoms with Gasteiger partial charge in [0.1, 0.15) is 0 Å². The van der Waals surface area contributed by atoms with Crippen LogP contribution >= 0.6 is 12.4 Å². The van der Waals surface area contributed by atoms with Crippen LogP contribution in [0.2, 0.25) is 0 Å². The lowest BCUT2D eigenvalue weighted by Gasteiger charge is -2.36. The molecule has 0 unspecified atom stereocenters. The highest BCUT2D eigenvalue weighted by molar-refractivity contribution is 5.85. The van der Waals surface area contributed by atoms with Crippen LogP contribution in [-0.2, 0) is 5.54 Å². The molecule has 1 fully saturated rings. The SMILES string of the molecule is Cl.NC1(c2cnccn2)CCC1. The maximum atomic E-state index is 6.02. The average molecular weight is 186 g/mol. The fourth-order valence-electron chi connectivity index (χ4n) is 1.37. The molecule has 4 heteroatoms. The van der Waals surface area contributed by atoms with Crippen molar-refractivity contribution in [1.82, 2.24) is 9.97 Å². The molecule has 1 aromatic heterocycles. The van der Waals surface area contributed by atoms with Gasteiger partial charge in [0.05, 0.1) is 17.4 Å². The van der Waals surface area contributed by atoms with E-state index in [0.717, 1.165) is 18.5 Å². The minimum absolute atomic E-state index is 0. The summed E-state index contributed by atoms with van der Waals surface area (Å²) in [6.45, 7) is 0. The van der Waals surface area contributed by atoms with Crippen LogP contribution in [0.4, 0.5) is 0 Å². The van der Waals surface area contributed by atoms with Crippen molar-refractivity contribution in [2.24, 2.45) is 5.73 Å². The molecule has 0 atom stereocenters. The molecule has 0 radical (unpaired) electrons.